The van der Waals surface area contributed by atoms with Gasteiger partial charge in [0, 0.05) is 11.4 Å². The highest BCUT2D eigenvalue weighted by Crippen LogP contribution is 2.33. The first-order chi connectivity index (χ1) is 11.5. The van der Waals surface area contributed by atoms with E-state index in [2.05, 4.69) is 34.2 Å². The van der Waals surface area contributed by atoms with E-state index in [-0.39, 0.29) is 0 Å². The second-order valence-corrected chi connectivity index (χ2v) is 6.98. The number of rotatable bonds is 4. The Hall–Kier alpha value is -2.45. The normalized spacial score (nSPS) is 13.0. The van der Waals surface area contributed by atoms with Gasteiger partial charge >= 0.3 is 0 Å². The number of hydrogen-bond donors (Lipinski definition) is 2. The first-order valence-corrected chi connectivity index (χ1v) is 8.48. The maximum atomic E-state index is 9.55. The van der Waals surface area contributed by atoms with E-state index in [4.69, 9.17) is 4.42 Å². The van der Waals surface area contributed by atoms with Crippen molar-refractivity contribution in [3.8, 4) is 11.6 Å². The Morgan fingerprint density at radius 2 is 2.21 bits per heavy atom. The SMILES string of the molecule is Cc1sc2nc(NCC(C)O)n3nc(-c4ccco4)nc3c2c1C. The van der Waals surface area contributed by atoms with Crippen LogP contribution in [0.15, 0.2) is 22.8 Å². The van der Waals surface area contributed by atoms with E-state index in [1.165, 1.54) is 4.88 Å². The van der Waals surface area contributed by atoms with E-state index in [0.717, 1.165) is 21.4 Å². The van der Waals surface area contributed by atoms with Crippen LogP contribution in [0.2, 0.25) is 0 Å². The summed E-state index contributed by atoms with van der Waals surface area (Å²) in [6.07, 6.45) is 1.11. The number of aliphatic hydroxyl groups is 1. The number of nitrogens with zero attached hydrogens (tertiary/aromatic N) is 4. The van der Waals surface area contributed by atoms with Crippen LogP contribution in [0.25, 0.3) is 27.4 Å². The van der Waals surface area contributed by atoms with Crippen LogP contribution in [0.1, 0.15) is 17.4 Å². The lowest BCUT2D eigenvalue weighted by Gasteiger charge is -2.09. The second kappa shape index (κ2) is 5.57. The molecule has 1 atom stereocenters. The molecule has 2 N–H and O–H groups in total. The van der Waals surface area contributed by atoms with Crippen LogP contribution in [-0.4, -0.2) is 37.3 Å². The molecule has 0 amide bonds. The Morgan fingerprint density at radius 3 is 2.92 bits per heavy atom. The average molecular weight is 343 g/mol. The van der Waals surface area contributed by atoms with Gasteiger partial charge in [-0.2, -0.15) is 4.52 Å². The fourth-order valence-electron chi connectivity index (χ4n) is 2.58. The fourth-order valence-corrected chi connectivity index (χ4v) is 3.60. The zero-order valence-electron chi connectivity index (χ0n) is 13.6. The lowest BCUT2D eigenvalue weighted by atomic mass is 10.2. The van der Waals surface area contributed by atoms with E-state index in [0.29, 0.717) is 24.1 Å². The van der Waals surface area contributed by atoms with Gasteiger partial charge in [0.25, 0.3) is 0 Å². The van der Waals surface area contributed by atoms with Crippen molar-refractivity contribution < 1.29 is 9.52 Å². The fraction of sp³-hybridized carbons (Fsp3) is 0.312. The number of anilines is 1. The topological polar surface area (TPSA) is 88.5 Å². The number of fused-ring (bicyclic) bond motifs is 3. The molecule has 0 aromatic carbocycles. The van der Waals surface area contributed by atoms with Crippen LogP contribution in [0.4, 0.5) is 5.95 Å². The molecule has 0 bridgehead atoms. The minimum Gasteiger partial charge on any atom is -0.461 e. The first-order valence-electron chi connectivity index (χ1n) is 7.67. The Bertz CT molecular complexity index is 1020. The van der Waals surface area contributed by atoms with Crippen molar-refractivity contribution in [1.29, 1.82) is 0 Å². The van der Waals surface area contributed by atoms with Gasteiger partial charge in [0.05, 0.1) is 17.8 Å². The van der Waals surface area contributed by atoms with Crippen molar-refractivity contribution in [3.05, 3.63) is 28.8 Å². The highest BCUT2D eigenvalue weighted by molar-refractivity contribution is 7.18. The largest absolute Gasteiger partial charge is 0.461 e. The predicted octanol–water partition coefficient (Wildman–Crippen LogP) is 3.01. The molecule has 7 nitrogen and oxygen atoms in total. The van der Waals surface area contributed by atoms with Crippen molar-refractivity contribution >= 4 is 33.1 Å². The summed E-state index contributed by atoms with van der Waals surface area (Å²) < 4.78 is 7.10. The van der Waals surface area contributed by atoms with Crippen LogP contribution in [0.3, 0.4) is 0 Å². The summed E-state index contributed by atoms with van der Waals surface area (Å²) in [7, 11) is 0. The van der Waals surface area contributed by atoms with Crippen molar-refractivity contribution in [1.82, 2.24) is 19.6 Å². The molecule has 4 rings (SSSR count). The Balaban J connectivity index is 1.99. The third kappa shape index (κ3) is 2.35. The Kier molecular flexibility index (Phi) is 3.50. The minimum atomic E-state index is -0.488. The predicted molar refractivity (Wildman–Crippen MR) is 93.5 cm³/mol. The number of hydrogen-bond acceptors (Lipinski definition) is 7. The summed E-state index contributed by atoms with van der Waals surface area (Å²) in [5, 5.41) is 18.2. The van der Waals surface area contributed by atoms with Gasteiger partial charge in [0.2, 0.25) is 11.8 Å². The maximum absolute atomic E-state index is 9.55. The number of aromatic nitrogens is 4. The Morgan fingerprint density at radius 1 is 1.38 bits per heavy atom. The zero-order chi connectivity index (χ0) is 16.8. The van der Waals surface area contributed by atoms with Crippen LogP contribution < -0.4 is 5.32 Å². The smallest absolute Gasteiger partial charge is 0.227 e. The van der Waals surface area contributed by atoms with E-state index in [1.807, 2.05) is 12.1 Å². The molecule has 4 heterocycles. The molecule has 0 saturated carbocycles. The van der Waals surface area contributed by atoms with Gasteiger partial charge in [-0.15, -0.1) is 16.4 Å². The number of thiophene rings is 1. The molecule has 0 aliphatic rings. The molecular weight excluding hydrogens is 326 g/mol. The summed E-state index contributed by atoms with van der Waals surface area (Å²) in [4.78, 5) is 11.5. The molecule has 0 aliphatic carbocycles. The molecule has 0 aliphatic heterocycles. The second-order valence-electron chi connectivity index (χ2n) is 5.78. The first kappa shape index (κ1) is 15.1. The van der Waals surface area contributed by atoms with E-state index < -0.39 is 6.10 Å². The third-order valence-corrected chi connectivity index (χ3v) is 5.00. The van der Waals surface area contributed by atoms with E-state index in [1.54, 1.807) is 29.0 Å². The molecule has 8 heteroatoms. The minimum absolute atomic E-state index is 0.382. The number of furan rings is 1. The molecule has 0 saturated heterocycles. The van der Waals surface area contributed by atoms with Gasteiger partial charge in [-0.1, -0.05) is 0 Å². The molecule has 0 fully saturated rings. The molecule has 4 aromatic rings. The monoisotopic (exact) mass is 343 g/mol. The average Bonchev–Trinajstić information content (AvgIpc) is 3.24. The van der Waals surface area contributed by atoms with Gasteiger partial charge < -0.3 is 14.8 Å². The van der Waals surface area contributed by atoms with Crippen molar-refractivity contribution in [3.63, 3.8) is 0 Å². The van der Waals surface area contributed by atoms with E-state index in [9.17, 15) is 5.11 Å². The van der Waals surface area contributed by atoms with Crippen molar-refractivity contribution in [2.24, 2.45) is 0 Å². The van der Waals surface area contributed by atoms with Gasteiger partial charge in [-0.05, 0) is 38.5 Å². The summed E-state index contributed by atoms with van der Waals surface area (Å²) in [5.74, 6) is 1.68. The van der Waals surface area contributed by atoms with Gasteiger partial charge in [-0.3, -0.25) is 0 Å². The van der Waals surface area contributed by atoms with E-state index >= 15 is 0 Å². The molecule has 0 radical (unpaired) electrons. The standard InChI is InChI=1S/C16H17N5O2S/c1-8(22)7-17-16-19-15-12(9(2)10(3)24-15)14-18-13(20-21(14)16)11-5-4-6-23-11/h4-6,8,22H,7H2,1-3H3,(H,17,19). The summed E-state index contributed by atoms with van der Waals surface area (Å²) >= 11 is 1.63. The van der Waals surface area contributed by atoms with Gasteiger partial charge in [0.15, 0.2) is 11.4 Å². The highest BCUT2D eigenvalue weighted by atomic mass is 32.1. The number of aliphatic hydroxyl groups excluding tert-OH is 1. The van der Waals surface area contributed by atoms with Crippen LogP contribution in [0.5, 0.6) is 0 Å². The number of aryl methyl sites for hydroxylation is 2. The van der Waals surface area contributed by atoms with Crippen molar-refractivity contribution in [2.75, 3.05) is 11.9 Å². The Labute approximate surface area is 142 Å². The van der Waals surface area contributed by atoms with Gasteiger partial charge in [-0.25, -0.2) is 9.97 Å². The third-order valence-electron chi connectivity index (χ3n) is 3.90. The molecule has 1 unspecified atom stereocenters. The molecule has 0 spiro atoms. The van der Waals surface area contributed by atoms with Crippen molar-refractivity contribution in [2.45, 2.75) is 26.9 Å². The molecule has 124 valence electrons. The molecule has 24 heavy (non-hydrogen) atoms. The van der Waals surface area contributed by atoms with Crippen LogP contribution >= 0.6 is 11.3 Å². The highest BCUT2D eigenvalue weighted by Gasteiger charge is 2.19. The quantitative estimate of drug-likeness (QED) is 0.592. The lowest BCUT2D eigenvalue weighted by Crippen LogP contribution is -2.18. The van der Waals surface area contributed by atoms with Gasteiger partial charge in [0.1, 0.15) is 4.83 Å². The van der Waals surface area contributed by atoms with Crippen LogP contribution in [0, 0.1) is 13.8 Å². The summed E-state index contributed by atoms with van der Waals surface area (Å²) in [6, 6.07) is 3.63. The molecular formula is C16H17N5O2S. The lowest BCUT2D eigenvalue weighted by molar-refractivity contribution is 0.208. The maximum Gasteiger partial charge on any atom is 0.227 e. The zero-order valence-corrected chi connectivity index (χ0v) is 14.4. The summed E-state index contributed by atoms with van der Waals surface area (Å²) in [5.41, 5.74) is 1.90. The number of nitrogens with one attached hydrogen (secondary N) is 1. The summed E-state index contributed by atoms with van der Waals surface area (Å²) in [6.45, 7) is 6.25. The van der Waals surface area contributed by atoms with Crippen LogP contribution in [-0.2, 0) is 0 Å². The molecule has 4 aromatic heterocycles.